The van der Waals surface area contributed by atoms with Gasteiger partial charge in [0.15, 0.2) is 6.10 Å². The zero-order chi connectivity index (χ0) is 42.8. The van der Waals surface area contributed by atoms with E-state index < -0.39 is 24.3 Å². The molecule has 0 aliphatic heterocycles. The first-order chi connectivity index (χ1) is 28.1. The van der Waals surface area contributed by atoms with E-state index in [0.29, 0.717) is 23.9 Å². The van der Waals surface area contributed by atoms with Gasteiger partial charge in [0.05, 0.1) is 34.4 Å². The van der Waals surface area contributed by atoms with Gasteiger partial charge in [-0.1, -0.05) is 164 Å². The SMILES string of the molecule is CC/C=C\C/C=C\C/C=C\C/C=C\C/C=C\CCCCCCCCCCCC(=O)OC(COC(=O)CCCCCCCCCC)COC(OCC[N+](C)(C)C)C(=O)O. The molecule has 0 aromatic heterocycles. The van der Waals surface area contributed by atoms with Crippen LogP contribution in [0.4, 0.5) is 0 Å². The summed E-state index contributed by atoms with van der Waals surface area (Å²) in [6, 6.07) is 0. The molecule has 0 rings (SSSR count). The molecule has 0 spiro atoms. The Labute approximate surface area is 355 Å². The lowest BCUT2D eigenvalue weighted by atomic mass is 10.1. The molecule has 0 aliphatic carbocycles. The van der Waals surface area contributed by atoms with E-state index in [-0.39, 0.29) is 32.2 Å². The van der Waals surface area contributed by atoms with E-state index in [9.17, 15) is 19.5 Å². The van der Waals surface area contributed by atoms with Crippen molar-refractivity contribution in [1.29, 1.82) is 0 Å². The van der Waals surface area contributed by atoms with Crippen LogP contribution >= 0.6 is 0 Å². The molecule has 334 valence electrons. The molecule has 0 amide bonds. The van der Waals surface area contributed by atoms with Crippen molar-refractivity contribution in [3.05, 3.63) is 60.8 Å². The van der Waals surface area contributed by atoms with Crippen molar-refractivity contribution in [2.75, 3.05) is 47.5 Å². The van der Waals surface area contributed by atoms with Crippen LogP contribution < -0.4 is 0 Å². The largest absolute Gasteiger partial charge is 0.477 e. The van der Waals surface area contributed by atoms with Gasteiger partial charge in [-0.05, 0) is 57.8 Å². The molecule has 58 heavy (non-hydrogen) atoms. The van der Waals surface area contributed by atoms with Crippen molar-refractivity contribution >= 4 is 17.9 Å². The van der Waals surface area contributed by atoms with E-state index in [1.165, 1.54) is 64.2 Å². The molecule has 0 aromatic rings. The molecule has 0 fully saturated rings. The van der Waals surface area contributed by atoms with E-state index >= 15 is 0 Å². The number of quaternary nitrogens is 1. The highest BCUT2D eigenvalue weighted by Crippen LogP contribution is 2.14. The number of carboxylic acid groups (broad SMARTS) is 1. The Kier molecular flexibility index (Phi) is 38.6. The first-order valence-corrected chi connectivity index (χ1v) is 23.0. The average molecular weight is 817 g/mol. The summed E-state index contributed by atoms with van der Waals surface area (Å²) in [5.74, 6) is -2.02. The zero-order valence-electron chi connectivity index (χ0n) is 37.7. The van der Waals surface area contributed by atoms with Gasteiger partial charge < -0.3 is 28.5 Å². The third-order valence-corrected chi connectivity index (χ3v) is 9.54. The summed E-state index contributed by atoms with van der Waals surface area (Å²) in [5.41, 5.74) is 0. The summed E-state index contributed by atoms with van der Waals surface area (Å²) in [6.45, 7) is 4.70. The summed E-state index contributed by atoms with van der Waals surface area (Å²) in [5, 5.41) is 9.61. The lowest BCUT2D eigenvalue weighted by Gasteiger charge is -2.25. The van der Waals surface area contributed by atoms with Crippen molar-refractivity contribution in [2.45, 2.75) is 187 Å². The molecule has 9 heteroatoms. The third-order valence-electron chi connectivity index (χ3n) is 9.54. The highest BCUT2D eigenvalue weighted by molar-refractivity contribution is 5.71. The minimum Gasteiger partial charge on any atom is -0.477 e. The number of carboxylic acids is 1. The van der Waals surface area contributed by atoms with Crippen LogP contribution in [0.2, 0.25) is 0 Å². The number of rotatable bonds is 41. The number of unbranched alkanes of at least 4 members (excludes halogenated alkanes) is 16. The van der Waals surface area contributed by atoms with E-state index in [4.69, 9.17) is 18.9 Å². The van der Waals surface area contributed by atoms with Gasteiger partial charge in [0.2, 0.25) is 0 Å². The van der Waals surface area contributed by atoms with Crippen molar-refractivity contribution < 1.29 is 42.9 Å². The number of likely N-dealkylation sites (N-methyl/N-ethyl adjacent to an activating group) is 1. The minimum atomic E-state index is -1.51. The van der Waals surface area contributed by atoms with Gasteiger partial charge in [0.1, 0.15) is 13.2 Å². The van der Waals surface area contributed by atoms with Gasteiger partial charge in [-0.2, -0.15) is 0 Å². The molecule has 2 atom stereocenters. The Morgan fingerprint density at radius 1 is 0.534 bits per heavy atom. The maximum atomic E-state index is 12.7. The Balaban J connectivity index is 4.28. The second-order valence-electron chi connectivity index (χ2n) is 16.3. The van der Waals surface area contributed by atoms with Crippen LogP contribution in [-0.4, -0.2) is 87.4 Å². The van der Waals surface area contributed by atoms with E-state index in [2.05, 4.69) is 74.6 Å². The highest BCUT2D eigenvalue weighted by Gasteiger charge is 2.25. The number of nitrogens with zero attached hydrogens (tertiary/aromatic N) is 1. The average Bonchev–Trinajstić information content (AvgIpc) is 3.18. The minimum absolute atomic E-state index is 0.185. The van der Waals surface area contributed by atoms with Gasteiger partial charge in [0.25, 0.3) is 6.29 Å². The second kappa shape index (κ2) is 40.8. The van der Waals surface area contributed by atoms with E-state index in [1.54, 1.807) is 0 Å². The van der Waals surface area contributed by atoms with Crippen LogP contribution in [-0.2, 0) is 33.3 Å². The number of allylic oxidation sites excluding steroid dienone is 10. The fourth-order valence-corrected chi connectivity index (χ4v) is 5.98. The maximum Gasteiger partial charge on any atom is 0.361 e. The predicted octanol–water partition coefficient (Wildman–Crippen LogP) is 12.2. The standard InChI is InChI=1S/C49H85NO8/c1-6-8-10-12-14-16-17-18-19-20-21-22-23-24-25-26-27-28-29-30-31-32-34-36-38-40-47(52)58-45(44-57-49(48(53)54)55-42-41-50(3,4)5)43-56-46(51)39-37-35-33-15-13-11-9-7-2/h8,10,14,16,18-19,21-22,24-25,45,49H,6-7,9,11-13,15,17,20,23,26-44H2,1-5H3/p+1/b10-8-,16-14-,19-18-,22-21-,25-24-. The monoisotopic (exact) mass is 817 g/mol. The maximum absolute atomic E-state index is 12.7. The Hall–Kier alpha value is -3.01. The van der Waals surface area contributed by atoms with Crippen LogP contribution in [0.3, 0.4) is 0 Å². The van der Waals surface area contributed by atoms with Gasteiger partial charge >= 0.3 is 17.9 Å². The van der Waals surface area contributed by atoms with Gasteiger partial charge in [-0.25, -0.2) is 4.79 Å². The van der Waals surface area contributed by atoms with E-state index in [0.717, 1.165) is 77.0 Å². The number of carbonyl (C=O) groups excluding carboxylic acids is 2. The zero-order valence-corrected chi connectivity index (χ0v) is 37.7. The predicted molar refractivity (Wildman–Crippen MR) is 240 cm³/mol. The first-order valence-electron chi connectivity index (χ1n) is 23.0. The Morgan fingerprint density at radius 2 is 0.983 bits per heavy atom. The molecule has 9 nitrogen and oxygen atoms in total. The van der Waals surface area contributed by atoms with Crippen LogP contribution in [0.25, 0.3) is 0 Å². The summed E-state index contributed by atoms with van der Waals surface area (Å²) in [7, 11) is 5.94. The molecule has 1 N–H and O–H groups in total. The topological polar surface area (TPSA) is 108 Å². The number of esters is 2. The quantitative estimate of drug-likeness (QED) is 0.0214. The molecule has 0 radical (unpaired) electrons. The summed E-state index contributed by atoms with van der Waals surface area (Å²) < 4.78 is 22.7. The first kappa shape index (κ1) is 55.0. The second-order valence-corrected chi connectivity index (χ2v) is 16.3. The van der Waals surface area contributed by atoms with Crippen LogP contribution in [0.15, 0.2) is 60.8 Å². The molecule has 0 aromatic carbocycles. The highest BCUT2D eigenvalue weighted by atomic mass is 16.7. The lowest BCUT2D eigenvalue weighted by Crippen LogP contribution is -2.40. The third kappa shape index (κ3) is 41.2. The number of hydrogen-bond acceptors (Lipinski definition) is 7. The molecule has 0 saturated heterocycles. The van der Waals surface area contributed by atoms with E-state index in [1.807, 2.05) is 21.1 Å². The van der Waals surface area contributed by atoms with Crippen molar-refractivity contribution in [2.24, 2.45) is 0 Å². The molecular weight excluding hydrogens is 731 g/mol. The number of hydrogen-bond donors (Lipinski definition) is 1. The van der Waals surface area contributed by atoms with Gasteiger partial charge in [-0.3, -0.25) is 9.59 Å². The summed E-state index contributed by atoms with van der Waals surface area (Å²) >= 11 is 0. The number of carbonyl (C=O) groups is 3. The molecule has 0 bridgehead atoms. The fourth-order valence-electron chi connectivity index (χ4n) is 5.98. The fraction of sp³-hybridized carbons (Fsp3) is 0.735. The lowest BCUT2D eigenvalue weighted by molar-refractivity contribution is -0.870. The Bertz CT molecular complexity index is 1140. The van der Waals surface area contributed by atoms with Crippen molar-refractivity contribution in [3.63, 3.8) is 0 Å². The molecule has 2 unspecified atom stereocenters. The van der Waals surface area contributed by atoms with Crippen LogP contribution in [0.5, 0.6) is 0 Å². The molecule has 0 heterocycles. The summed E-state index contributed by atoms with van der Waals surface area (Å²) in [6.07, 6.45) is 45.8. The van der Waals surface area contributed by atoms with Crippen LogP contribution in [0.1, 0.15) is 174 Å². The normalized spacial score (nSPS) is 13.5. The van der Waals surface area contributed by atoms with Gasteiger partial charge in [0, 0.05) is 12.8 Å². The summed E-state index contributed by atoms with van der Waals surface area (Å²) in [4.78, 5) is 37.0. The number of aliphatic carboxylic acids is 1. The van der Waals surface area contributed by atoms with Crippen LogP contribution in [0, 0.1) is 0 Å². The van der Waals surface area contributed by atoms with Gasteiger partial charge in [-0.15, -0.1) is 0 Å². The van der Waals surface area contributed by atoms with Crippen molar-refractivity contribution in [1.82, 2.24) is 0 Å². The van der Waals surface area contributed by atoms with Crippen molar-refractivity contribution in [3.8, 4) is 0 Å². The Morgan fingerprint density at radius 3 is 1.47 bits per heavy atom. The smallest absolute Gasteiger partial charge is 0.361 e. The molecular formula is C49H86NO8+. The molecule has 0 saturated carbocycles. The number of ether oxygens (including phenoxy) is 4. The molecule has 0 aliphatic rings.